The number of hydrogen-bond donors (Lipinski definition) is 2. The van der Waals surface area contributed by atoms with E-state index in [0.29, 0.717) is 12.8 Å². The molecule has 4 nitrogen and oxygen atoms in total. The normalized spacial score (nSPS) is 16.3. The molecule has 0 saturated carbocycles. The van der Waals surface area contributed by atoms with Gasteiger partial charge in [0.1, 0.15) is 0 Å². The third-order valence-corrected chi connectivity index (χ3v) is 41.4. The summed E-state index contributed by atoms with van der Waals surface area (Å²) in [6, 6.07) is 42.1. The monoisotopic (exact) mass is 967 g/mol. The number of hydrogen-bond acceptors (Lipinski definition) is 2. The van der Waals surface area contributed by atoms with Gasteiger partial charge >= 0.3 is 353 Å². The summed E-state index contributed by atoms with van der Waals surface area (Å²) in [4.78, 5) is 25.6. The number of allylic oxidation sites excluding steroid dienone is 2. The molecule has 2 aliphatic carbocycles. The van der Waals surface area contributed by atoms with E-state index < -0.39 is 27.8 Å². The summed E-state index contributed by atoms with van der Waals surface area (Å²) in [6.45, 7) is 13.0. The van der Waals surface area contributed by atoms with Crippen molar-refractivity contribution >= 4 is 57.8 Å². The number of fused-ring (bicyclic) bond motifs is 2. The van der Waals surface area contributed by atoms with Crippen molar-refractivity contribution in [1.29, 1.82) is 0 Å². The zero-order valence-corrected chi connectivity index (χ0v) is 38.8. The molecular formula is C50H46BCl2HfN2O2. The number of carbonyl (C=O) groups is 2. The molecule has 0 aromatic heterocycles. The van der Waals surface area contributed by atoms with Crippen molar-refractivity contribution in [3.63, 3.8) is 0 Å². The molecule has 8 heteroatoms. The minimum absolute atomic E-state index is 0.565. The van der Waals surface area contributed by atoms with Crippen LogP contribution in [0, 0.1) is 41.5 Å². The summed E-state index contributed by atoms with van der Waals surface area (Å²) in [5.74, 6) is 0. The summed E-state index contributed by atoms with van der Waals surface area (Å²) in [6.07, 6.45) is 5.76. The van der Waals surface area contributed by atoms with Gasteiger partial charge in [-0.05, 0) is 0 Å². The Hall–Kier alpha value is -4.74. The number of benzene rings is 6. The van der Waals surface area contributed by atoms with Crippen LogP contribution in [-0.2, 0) is 25.5 Å². The molecule has 289 valence electrons. The van der Waals surface area contributed by atoms with Crippen LogP contribution in [-0.4, -0.2) is 17.4 Å². The van der Waals surface area contributed by atoms with Gasteiger partial charge in [-0.15, -0.1) is 0 Å². The minimum atomic E-state index is -6.37. The zero-order chi connectivity index (χ0) is 41.0. The number of nitrogens with one attached hydrogen (secondary N) is 2. The van der Waals surface area contributed by atoms with Gasteiger partial charge < -0.3 is 0 Å². The van der Waals surface area contributed by atoms with Gasteiger partial charge in [0.15, 0.2) is 0 Å². The fraction of sp³-hybridized carbons (Fsp3) is 0.160. The average Bonchev–Trinajstić information content (AvgIpc) is 3.85. The zero-order valence-electron chi connectivity index (χ0n) is 33.7. The summed E-state index contributed by atoms with van der Waals surface area (Å²) in [7, 11) is 17.8. The number of rotatable bonds is 11. The van der Waals surface area contributed by atoms with Crippen molar-refractivity contribution in [2.75, 3.05) is 0 Å². The molecule has 6 aromatic rings. The number of halogens is 2. The molecule has 2 atom stereocenters. The number of aryl methyl sites for hydroxylation is 2. The van der Waals surface area contributed by atoms with Gasteiger partial charge in [0.2, 0.25) is 0 Å². The third-order valence-electron chi connectivity index (χ3n) is 13.2. The summed E-state index contributed by atoms with van der Waals surface area (Å²) in [5.41, 5.74) is 19.8. The van der Waals surface area contributed by atoms with E-state index in [0.717, 1.165) is 66.8 Å². The Balaban J connectivity index is 1.49. The van der Waals surface area contributed by atoms with Gasteiger partial charge in [0.05, 0.1) is 0 Å². The van der Waals surface area contributed by atoms with E-state index in [1.54, 1.807) is 0 Å². The van der Waals surface area contributed by atoms with Gasteiger partial charge in [-0.1, -0.05) is 0 Å². The molecule has 58 heavy (non-hydrogen) atoms. The third kappa shape index (κ3) is 6.31. The Bertz CT molecular complexity index is 2510. The molecule has 8 rings (SSSR count). The van der Waals surface area contributed by atoms with Crippen molar-refractivity contribution in [3.05, 3.63) is 188 Å². The first-order valence-corrected chi connectivity index (χ1v) is 34.9. The van der Waals surface area contributed by atoms with E-state index >= 15 is 0 Å². The fourth-order valence-electron chi connectivity index (χ4n) is 9.72. The quantitative estimate of drug-likeness (QED) is 0.100. The van der Waals surface area contributed by atoms with Gasteiger partial charge in [0.25, 0.3) is 0 Å². The van der Waals surface area contributed by atoms with Crippen LogP contribution in [0.4, 0.5) is 0 Å². The van der Waals surface area contributed by atoms with Gasteiger partial charge in [-0.25, -0.2) is 0 Å². The van der Waals surface area contributed by atoms with Crippen molar-refractivity contribution in [3.8, 4) is 22.3 Å². The molecule has 0 radical (unpaired) electrons. The molecule has 0 bridgehead atoms. The molecule has 2 amide bonds. The Morgan fingerprint density at radius 1 is 0.483 bits per heavy atom. The molecule has 0 heterocycles. The first-order chi connectivity index (χ1) is 27.9. The Morgan fingerprint density at radius 3 is 1.26 bits per heavy atom. The Kier molecular flexibility index (Phi) is 10.7. The van der Waals surface area contributed by atoms with Gasteiger partial charge in [-0.2, -0.15) is 0 Å². The molecule has 2 aliphatic rings. The molecule has 0 aliphatic heterocycles. The van der Waals surface area contributed by atoms with Crippen molar-refractivity contribution in [1.82, 2.24) is 10.5 Å². The number of carbonyl (C=O) groups excluding carboxylic acids is 2. The van der Waals surface area contributed by atoms with Gasteiger partial charge in [-0.3, -0.25) is 0 Å². The first kappa shape index (κ1) is 40.1. The maximum absolute atomic E-state index is 12.8. The molecule has 0 saturated heterocycles. The van der Waals surface area contributed by atoms with Crippen molar-refractivity contribution in [2.24, 2.45) is 0 Å². The maximum atomic E-state index is 12.8. The van der Waals surface area contributed by atoms with E-state index in [1.807, 2.05) is 36.4 Å². The van der Waals surface area contributed by atoms with E-state index in [2.05, 4.69) is 149 Å². The number of amides is 2. The van der Waals surface area contributed by atoms with Gasteiger partial charge in [0, 0.05) is 0 Å². The summed E-state index contributed by atoms with van der Waals surface area (Å²) < 4.78 is -2.19. The van der Waals surface area contributed by atoms with E-state index in [1.165, 1.54) is 33.4 Å². The SMILES string of the molecule is Cc1ccc(-c2cccc3c2C=C(c2ccccc2)[CH]3[Hf]([Cl])([Cl])([B](NC=O)NC=O)[CH]2C(c3ccccc3)=Cc3c(-c4ccc(C)c(C)c4C)cccc32)c(C)c1C. The second-order valence-electron chi connectivity index (χ2n) is 16.0. The molecular weight excluding hydrogens is 921 g/mol. The molecule has 6 aromatic carbocycles. The Morgan fingerprint density at radius 2 is 0.879 bits per heavy atom. The molecule has 0 spiro atoms. The van der Waals surface area contributed by atoms with E-state index in [-0.39, 0.29) is 0 Å². The second kappa shape index (κ2) is 15.5. The average molecular weight is 967 g/mol. The first-order valence-electron chi connectivity index (χ1n) is 19.8. The van der Waals surface area contributed by atoms with Crippen LogP contribution in [0.3, 0.4) is 0 Å². The standard InChI is InChI=1S/2C24H21.C2H3BN2O2.2ClH.Hf/c2*1-16-12-13-22(18(3)17(16)2)23-11-7-10-20-14-21(15-24(20)23)19-8-5-4-6-9-19;6-1-4-3-5-2-7;;;/h2*4-15H,1-3H3;1-2H,(H-,4,5,6,7);2*1H;/q;;;;;+1/p-1. The predicted molar refractivity (Wildman–Crippen MR) is 242 cm³/mol. The fourth-order valence-corrected chi connectivity index (χ4v) is 38.0. The van der Waals surface area contributed by atoms with E-state index in [4.69, 9.17) is 17.2 Å². The van der Waals surface area contributed by atoms with Crippen LogP contribution < -0.4 is 10.5 Å². The molecule has 2 N–H and O–H groups in total. The predicted octanol–water partition coefficient (Wildman–Crippen LogP) is 12.2. The van der Waals surface area contributed by atoms with E-state index in [9.17, 15) is 9.59 Å². The second-order valence-corrected chi connectivity index (χ2v) is 46.4. The topological polar surface area (TPSA) is 58.2 Å². The Labute approximate surface area is 350 Å². The van der Waals surface area contributed by atoms with Crippen molar-refractivity contribution in [2.45, 2.75) is 48.9 Å². The van der Waals surface area contributed by atoms with Crippen LogP contribution in [0.1, 0.15) is 74.1 Å². The van der Waals surface area contributed by atoms with Crippen molar-refractivity contribution < 1.29 is 25.5 Å². The van der Waals surface area contributed by atoms with Crippen LogP contribution in [0.5, 0.6) is 0 Å². The van der Waals surface area contributed by atoms with Crippen LogP contribution in [0.2, 0.25) is 0 Å². The van der Waals surface area contributed by atoms with Crippen LogP contribution >= 0.6 is 17.2 Å². The summed E-state index contributed by atoms with van der Waals surface area (Å²) in [5, 5.41) is 6.04. The molecule has 2 unspecified atom stereocenters. The van der Waals surface area contributed by atoms with Crippen LogP contribution in [0.15, 0.2) is 121 Å². The summed E-state index contributed by atoms with van der Waals surface area (Å²) >= 11 is -6.37. The van der Waals surface area contributed by atoms with Crippen LogP contribution in [0.25, 0.3) is 45.6 Å². The molecule has 0 fully saturated rings.